The maximum atomic E-state index is 5.26. The maximum absolute atomic E-state index is 5.26. The zero-order chi connectivity index (χ0) is 56.8. The van der Waals surface area contributed by atoms with Gasteiger partial charge in [0.05, 0.1) is 17.1 Å². The quantitative estimate of drug-likeness (QED) is 0.0358. The van der Waals surface area contributed by atoms with Crippen LogP contribution in [-0.4, -0.2) is 11.9 Å². The van der Waals surface area contributed by atoms with Crippen LogP contribution in [0.5, 0.6) is 0 Å². The lowest BCUT2D eigenvalue weighted by atomic mass is 10.0. The first kappa shape index (κ1) is 73.4. The third kappa shape index (κ3) is 48.8. The molecule has 2 nitrogen and oxygen atoms in total. The zero-order valence-corrected chi connectivity index (χ0v) is 54.2. The highest BCUT2D eigenvalue weighted by Gasteiger charge is 2.06. The number of rotatable bonds is 62. The molecule has 0 aliphatic carbocycles. The molecule has 0 aliphatic heterocycles. The van der Waals surface area contributed by atoms with Crippen LogP contribution < -0.4 is 0 Å². The predicted octanol–water partition coefficient (Wildman–Crippen LogP) is 27.9. The summed E-state index contributed by atoms with van der Waals surface area (Å²) in [4.78, 5) is 10.3. The third-order valence-electron chi connectivity index (χ3n) is 17.3. The molecule has 2 aromatic carbocycles. The molecular formula is C78H136N2. The van der Waals surface area contributed by atoms with Crippen LogP contribution in [0.3, 0.4) is 0 Å². The normalized spacial score (nSPS) is 12.2. The Morgan fingerprint density at radius 1 is 0.275 bits per heavy atom. The molecule has 0 saturated carbocycles. The SMILES string of the molecule is CCCCCCCCCCCCCCCCCCCCCCCCCC/C=C/CCc1ccccc1N=CC(CCCC)=Nc1ccccc1CC/C=C/CCCCCCCCCCCCCCCCCCCCCCCCCC. The van der Waals surface area contributed by atoms with Crippen molar-refractivity contribution in [2.24, 2.45) is 9.98 Å². The first-order valence-electron chi connectivity index (χ1n) is 36.4. The Morgan fingerprint density at radius 2 is 0.525 bits per heavy atom. The molecule has 80 heavy (non-hydrogen) atoms. The summed E-state index contributed by atoms with van der Waals surface area (Å²) in [6.45, 7) is 6.89. The number of para-hydroxylation sites is 2. The predicted molar refractivity (Wildman–Crippen MR) is 365 cm³/mol. The zero-order valence-electron chi connectivity index (χ0n) is 54.2. The van der Waals surface area contributed by atoms with E-state index in [0.717, 1.165) is 62.0 Å². The van der Waals surface area contributed by atoms with Crippen molar-refractivity contribution in [3.05, 3.63) is 84.0 Å². The second-order valence-electron chi connectivity index (χ2n) is 25.1. The number of unbranched alkanes of at least 4 members (excludes halogenated alkanes) is 49. The van der Waals surface area contributed by atoms with Crippen LogP contribution in [0.1, 0.15) is 385 Å². The van der Waals surface area contributed by atoms with Gasteiger partial charge in [-0.15, -0.1) is 0 Å². The number of nitrogens with zero attached hydrogens (tertiary/aromatic N) is 2. The third-order valence-corrected chi connectivity index (χ3v) is 17.3. The van der Waals surface area contributed by atoms with Gasteiger partial charge in [-0.25, -0.2) is 0 Å². The first-order valence-corrected chi connectivity index (χ1v) is 36.4. The van der Waals surface area contributed by atoms with E-state index in [1.54, 1.807) is 0 Å². The van der Waals surface area contributed by atoms with E-state index in [4.69, 9.17) is 9.98 Å². The van der Waals surface area contributed by atoms with Gasteiger partial charge in [-0.2, -0.15) is 0 Å². The molecule has 0 heterocycles. The van der Waals surface area contributed by atoms with E-state index in [2.05, 4.69) is 99.8 Å². The van der Waals surface area contributed by atoms with Crippen LogP contribution in [0.25, 0.3) is 0 Å². The Labute approximate surface area is 501 Å². The van der Waals surface area contributed by atoms with Crippen molar-refractivity contribution in [2.75, 3.05) is 0 Å². The second-order valence-corrected chi connectivity index (χ2v) is 25.1. The van der Waals surface area contributed by atoms with Crippen LogP contribution in [0, 0.1) is 0 Å². The van der Waals surface area contributed by atoms with Gasteiger partial charge in [0.15, 0.2) is 0 Å². The van der Waals surface area contributed by atoms with Crippen molar-refractivity contribution in [1.29, 1.82) is 0 Å². The summed E-state index contributed by atoms with van der Waals surface area (Å²) in [7, 11) is 0. The highest BCUT2D eigenvalue weighted by molar-refractivity contribution is 6.31. The van der Waals surface area contributed by atoms with Crippen molar-refractivity contribution in [2.45, 2.75) is 387 Å². The van der Waals surface area contributed by atoms with E-state index >= 15 is 0 Å². The van der Waals surface area contributed by atoms with Crippen molar-refractivity contribution in [3.63, 3.8) is 0 Å². The molecule has 2 rings (SSSR count). The molecule has 0 spiro atoms. The summed E-state index contributed by atoms with van der Waals surface area (Å²) >= 11 is 0. The highest BCUT2D eigenvalue weighted by Crippen LogP contribution is 2.25. The Balaban J connectivity index is 1.49. The smallest absolute Gasteiger partial charge is 0.0665 e. The number of hydrogen-bond donors (Lipinski definition) is 0. The Bertz CT molecular complexity index is 1680. The lowest BCUT2D eigenvalue weighted by molar-refractivity contribution is 0.517. The minimum absolute atomic E-state index is 0.957. The maximum Gasteiger partial charge on any atom is 0.0665 e. The van der Waals surface area contributed by atoms with Gasteiger partial charge in [-0.05, 0) is 87.5 Å². The Hall–Kier alpha value is -2.74. The van der Waals surface area contributed by atoms with Crippen molar-refractivity contribution >= 4 is 23.3 Å². The number of allylic oxidation sites excluding steroid dienone is 4. The largest absolute Gasteiger partial charge is 0.255 e. The van der Waals surface area contributed by atoms with Gasteiger partial charge in [-0.1, -0.05) is 383 Å². The molecule has 0 unspecified atom stereocenters. The monoisotopic (exact) mass is 1100 g/mol. The molecule has 0 aliphatic rings. The fourth-order valence-corrected chi connectivity index (χ4v) is 11.9. The Morgan fingerprint density at radius 3 is 0.838 bits per heavy atom. The second kappa shape index (κ2) is 60.8. The van der Waals surface area contributed by atoms with E-state index in [-0.39, 0.29) is 0 Å². The van der Waals surface area contributed by atoms with Gasteiger partial charge in [0.2, 0.25) is 0 Å². The van der Waals surface area contributed by atoms with Crippen LogP contribution in [0.15, 0.2) is 82.8 Å². The summed E-state index contributed by atoms with van der Waals surface area (Å²) in [6, 6.07) is 17.5. The van der Waals surface area contributed by atoms with E-state index in [1.807, 2.05) is 0 Å². The van der Waals surface area contributed by atoms with E-state index in [1.165, 1.54) is 332 Å². The topological polar surface area (TPSA) is 24.7 Å². The summed E-state index contributed by atoms with van der Waals surface area (Å²) in [6.07, 6.45) is 91.1. The number of hydrogen-bond acceptors (Lipinski definition) is 2. The van der Waals surface area contributed by atoms with E-state index in [0.29, 0.717) is 0 Å². The van der Waals surface area contributed by atoms with Crippen LogP contribution in [0.4, 0.5) is 11.4 Å². The van der Waals surface area contributed by atoms with Gasteiger partial charge >= 0.3 is 0 Å². The average molecular weight is 1100 g/mol. The molecule has 2 aromatic rings. The molecule has 2 heteroatoms. The molecule has 458 valence electrons. The van der Waals surface area contributed by atoms with Crippen LogP contribution >= 0.6 is 0 Å². The standard InChI is InChI=1S/C78H136N2/c1-4-7-10-12-14-16-18-20-22-24-26-28-30-32-34-36-38-40-42-44-46-48-50-52-54-56-58-60-66-74-68-62-64-71-77(74)79-73-76(70-9-6-3)80-78-72-65-63-69-75(78)67-61-59-57-55-53-51-49-47-45-43-41-39-37-35-33-31-29-27-25-23-21-19-17-15-13-11-8-5-2/h56-59,62-65,68-69,71-73H,4-55,60-61,66-67,70H2,1-3H3/b58-56+,59-57+,79-73?,80-76?. The van der Waals surface area contributed by atoms with Crippen LogP contribution in [0.2, 0.25) is 0 Å². The van der Waals surface area contributed by atoms with Crippen molar-refractivity contribution < 1.29 is 0 Å². The molecule has 0 bridgehead atoms. The average Bonchev–Trinajstić information content (AvgIpc) is 3.48. The summed E-state index contributed by atoms with van der Waals surface area (Å²) in [5, 5.41) is 0. The van der Waals surface area contributed by atoms with E-state index in [9.17, 15) is 0 Å². The summed E-state index contributed by atoms with van der Waals surface area (Å²) in [5.74, 6) is 0. The van der Waals surface area contributed by atoms with Gasteiger partial charge in [0.25, 0.3) is 0 Å². The number of aryl methyl sites for hydroxylation is 2. The minimum Gasteiger partial charge on any atom is -0.255 e. The highest BCUT2D eigenvalue weighted by atomic mass is 14.8. The lowest BCUT2D eigenvalue weighted by Gasteiger charge is -2.07. The van der Waals surface area contributed by atoms with E-state index < -0.39 is 0 Å². The molecule has 0 radical (unpaired) electrons. The first-order chi connectivity index (χ1) is 39.8. The molecule has 0 fully saturated rings. The molecular weight excluding hydrogens is 965 g/mol. The fourth-order valence-electron chi connectivity index (χ4n) is 11.9. The number of aliphatic imine (C=N–C) groups is 2. The summed E-state index contributed by atoms with van der Waals surface area (Å²) in [5.41, 5.74) is 5.96. The fraction of sp³-hybridized carbons (Fsp3) is 0.769. The molecule has 0 atom stereocenters. The molecule has 0 amide bonds. The van der Waals surface area contributed by atoms with Gasteiger partial charge in [-0.3, -0.25) is 9.98 Å². The molecule has 0 N–H and O–H groups in total. The van der Waals surface area contributed by atoms with Crippen LogP contribution in [-0.2, 0) is 12.8 Å². The van der Waals surface area contributed by atoms with Gasteiger partial charge in [0.1, 0.15) is 0 Å². The Kier molecular flexibility index (Phi) is 55.8. The number of benzene rings is 2. The lowest BCUT2D eigenvalue weighted by Crippen LogP contribution is -2.00. The molecule has 0 saturated heterocycles. The molecule has 0 aromatic heterocycles. The van der Waals surface area contributed by atoms with Gasteiger partial charge in [0, 0.05) is 6.21 Å². The van der Waals surface area contributed by atoms with Gasteiger partial charge < -0.3 is 0 Å². The van der Waals surface area contributed by atoms with Crippen molar-refractivity contribution in [1.82, 2.24) is 0 Å². The summed E-state index contributed by atoms with van der Waals surface area (Å²) < 4.78 is 0. The van der Waals surface area contributed by atoms with Crippen molar-refractivity contribution in [3.8, 4) is 0 Å². The minimum atomic E-state index is 0.957.